The summed E-state index contributed by atoms with van der Waals surface area (Å²) in [5.41, 5.74) is 1.50. The first-order valence-corrected chi connectivity index (χ1v) is 8.52. The molecular formula is C16H24N2S. The summed E-state index contributed by atoms with van der Waals surface area (Å²) in [5.74, 6) is 1.24. The molecule has 2 aliphatic rings. The summed E-state index contributed by atoms with van der Waals surface area (Å²) >= 11 is 2.00. The Morgan fingerprint density at radius 1 is 1.37 bits per heavy atom. The SMILES string of the molecule is CC(CC1CCCN1)NC1CCSc2ccccc21. The van der Waals surface area contributed by atoms with Crippen molar-refractivity contribution < 1.29 is 0 Å². The van der Waals surface area contributed by atoms with E-state index < -0.39 is 0 Å². The van der Waals surface area contributed by atoms with Crippen molar-refractivity contribution in [3.63, 3.8) is 0 Å². The molecule has 0 amide bonds. The average molecular weight is 276 g/mol. The second-order valence-electron chi connectivity index (χ2n) is 5.82. The van der Waals surface area contributed by atoms with Gasteiger partial charge in [-0.15, -0.1) is 11.8 Å². The van der Waals surface area contributed by atoms with Crippen molar-refractivity contribution in [1.29, 1.82) is 0 Å². The first kappa shape index (κ1) is 13.5. The highest BCUT2D eigenvalue weighted by atomic mass is 32.2. The van der Waals surface area contributed by atoms with E-state index in [9.17, 15) is 0 Å². The van der Waals surface area contributed by atoms with Crippen molar-refractivity contribution in [2.75, 3.05) is 12.3 Å². The molecule has 0 aromatic heterocycles. The minimum atomic E-state index is 0.550. The fourth-order valence-corrected chi connectivity index (χ4v) is 4.44. The van der Waals surface area contributed by atoms with Crippen LogP contribution in [0.2, 0.25) is 0 Å². The Hall–Kier alpha value is -0.510. The second-order valence-corrected chi connectivity index (χ2v) is 6.96. The van der Waals surface area contributed by atoms with E-state index >= 15 is 0 Å². The van der Waals surface area contributed by atoms with Crippen LogP contribution in [0.15, 0.2) is 29.2 Å². The number of fused-ring (bicyclic) bond motifs is 1. The quantitative estimate of drug-likeness (QED) is 0.882. The third-order valence-electron chi connectivity index (χ3n) is 4.24. The van der Waals surface area contributed by atoms with Crippen LogP contribution in [0.4, 0.5) is 0 Å². The van der Waals surface area contributed by atoms with Crippen molar-refractivity contribution in [2.24, 2.45) is 0 Å². The number of benzene rings is 1. The Kier molecular flexibility index (Phi) is 4.46. The highest BCUT2D eigenvalue weighted by Gasteiger charge is 2.23. The first-order valence-electron chi connectivity index (χ1n) is 7.54. The normalized spacial score (nSPS) is 28.1. The molecule has 2 N–H and O–H groups in total. The van der Waals surface area contributed by atoms with Gasteiger partial charge in [0.25, 0.3) is 0 Å². The lowest BCUT2D eigenvalue weighted by Crippen LogP contribution is -2.37. The van der Waals surface area contributed by atoms with E-state index in [1.54, 1.807) is 0 Å². The smallest absolute Gasteiger partial charge is 0.0341 e. The molecule has 2 heterocycles. The van der Waals surface area contributed by atoms with Crippen LogP contribution in [0.25, 0.3) is 0 Å². The van der Waals surface area contributed by atoms with Crippen LogP contribution in [0.1, 0.15) is 44.2 Å². The van der Waals surface area contributed by atoms with Gasteiger partial charge in [-0.3, -0.25) is 0 Å². The Morgan fingerprint density at radius 2 is 2.26 bits per heavy atom. The van der Waals surface area contributed by atoms with Crippen molar-refractivity contribution in [2.45, 2.75) is 55.6 Å². The minimum Gasteiger partial charge on any atom is -0.314 e. The third-order valence-corrected chi connectivity index (χ3v) is 5.37. The molecule has 3 heteroatoms. The highest BCUT2D eigenvalue weighted by Crippen LogP contribution is 2.36. The van der Waals surface area contributed by atoms with Crippen molar-refractivity contribution in [1.82, 2.24) is 10.6 Å². The van der Waals surface area contributed by atoms with Crippen LogP contribution in [-0.4, -0.2) is 24.4 Å². The van der Waals surface area contributed by atoms with Gasteiger partial charge in [0, 0.05) is 23.0 Å². The Bertz CT molecular complexity index is 415. The van der Waals surface area contributed by atoms with Crippen molar-refractivity contribution in [3.05, 3.63) is 29.8 Å². The molecule has 1 fully saturated rings. The lowest BCUT2D eigenvalue weighted by molar-refractivity contribution is 0.386. The van der Waals surface area contributed by atoms with Gasteiger partial charge in [-0.25, -0.2) is 0 Å². The largest absolute Gasteiger partial charge is 0.314 e. The number of thioether (sulfide) groups is 1. The summed E-state index contributed by atoms with van der Waals surface area (Å²) in [5, 5.41) is 7.45. The lowest BCUT2D eigenvalue weighted by Gasteiger charge is -2.29. The van der Waals surface area contributed by atoms with Crippen molar-refractivity contribution in [3.8, 4) is 0 Å². The molecule has 2 nitrogen and oxygen atoms in total. The molecule has 3 unspecified atom stereocenters. The van der Waals surface area contributed by atoms with E-state index in [1.807, 2.05) is 11.8 Å². The van der Waals surface area contributed by atoms with Crippen LogP contribution in [-0.2, 0) is 0 Å². The molecule has 0 saturated carbocycles. The molecule has 0 spiro atoms. The van der Waals surface area contributed by atoms with Gasteiger partial charge in [0.15, 0.2) is 0 Å². The highest BCUT2D eigenvalue weighted by molar-refractivity contribution is 7.99. The van der Waals surface area contributed by atoms with Crippen LogP contribution >= 0.6 is 11.8 Å². The third kappa shape index (κ3) is 3.33. The maximum Gasteiger partial charge on any atom is 0.0341 e. The number of hydrogen-bond donors (Lipinski definition) is 2. The van der Waals surface area contributed by atoms with Gasteiger partial charge in [0.1, 0.15) is 0 Å². The number of hydrogen-bond acceptors (Lipinski definition) is 3. The maximum atomic E-state index is 3.85. The van der Waals surface area contributed by atoms with E-state index in [0.717, 1.165) is 6.04 Å². The summed E-state index contributed by atoms with van der Waals surface area (Å²) in [4.78, 5) is 1.47. The predicted octanol–water partition coefficient (Wildman–Crippen LogP) is 3.34. The van der Waals surface area contributed by atoms with Gasteiger partial charge in [-0.05, 0) is 56.5 Å². The van der Waals surface area contributed by atoms with Gasteiger partial charge in [-0.1, -0.05) is 18.2 Å². The number of nitrogens with one attached hydrogen (secondary N) is 2. The summed E-state index contributed by atoms with van der Waals surface area (Å²) in [6.07, 6.45) is 5.21. The topological polar surface area (TPSA) is 24.1 Å². The van der Waals surface area contributed by atoms with Crippen LogP contribution in [0, 0.1) is 0 Å². The standard InChI is InChI=1S/C16H24N2S/c1-12(11-13-5-4-9-17-13)18-15-8-10-19-16-7-3-2-6-14(15)16/h2-3,6-7,12-13,15,17-18H,4-5,8-11H2,1H3. The molecule has 104 valence electrons. The fraction of sp³-hybridized carbons (Fsp3) is 0.625. The van der Waals surface area contributed by atoms with Gasteiger partial charge < -0.3 is 10.6 Å². The number of rotatable bonds is 4. The monoisotopic (exact) mass is 276 g/mol. The molecule has 2 aliphatic heterocycles. The van der Waals surface area contributed by atoms with Crippen molar-refractivity contribution >= 4 is 11.8 Å². The average Bonchev–Trinajstić information content (AvgIpc) is 2.92. The van der Waals surface area contributed by atoms with E-state index in [0.29, 0.717) is 12.1 Å². The summed E-state index contributed by atoms with van der Waals surface area (Å²) < 4.78 is 0. The van der Waals surface area contributed by atoms with E-state index in [1.165, 1.54) is 48.4 Å². The maximum absolute atomic E-state index is 3.85. The molecule has 3 rings (SSSR count). The van der Waals surface area contributed by atoms with Crippen LogP contribution < -0.4 is 10.6 Å². The summed E-state index contributed by atoms with van der Waals surface area (Å²) in [6.45, 7) is 3.55. The first-order chi connectivity index (χ1) is 9.33. The summed E-state index contributed by atoms with van der Waals surface area (Å²) in [6, 6.07) is 10.8. The molecule has 0 radical (unpaired) electrons. The zero-order valence-corrected chi connectivity index (χ0v) is 12.5. The molecule has 1 aromatic carbocycles. The summed E-state index contributed by atoms with van der Waals surface area (Å²) in [7, 11) is 0. The second kappa shape index (κ2) is 6.29. The molecule has 19 heavy (non-hydrogen) atoms. The Morgan fingerprint density at radius 3 is 3.11 bits per heavy atom. The van der Waals surface area contributed by atoms with Crippen LogP contribution in [0.5, 0.6) is 0 Å². The zero-order valence-electron chi connectivity index (χ0n) is 11.7. The minimum absolute atomic E-state index is 0.550. The fourth-order valence-electron chi connectivity index (χ4n) is 3.31. The molecule has 1 aromatic rings. The zero-order chi connectivity index (χ0) is 13.1. The molecule has 1 saturated heterocycles. The lowest BCUT2D eigenvalue weighted by atomic mass is 10.0. The van der Waals surface area contributed by atoms with Gasteiger partial charge in [0.2, 0.25) is 0 Å². The van der Waals surface area contributed by atoms with Gasteiger partial charge in [0.05, 0.1) is 0 Å². The van der Waals surface area contributed by atoms with Gasteiger partial charge >= 0.3 is 0 Å². The Balaban J connectivity index is 1.60. The van der Waals surface area contributed by atoms with Gasteiger partial charge in [-0.2, -0.15) is 0 Å². The molecular weight excluding hydrogens is 252 g/mol. The molecule has 3 atom stereocenters. The van der Waals surface area contributed by atoms with E-state index in [2.05, 4.69) is 41.8 Å². The molecule has 0 bridgehead atoms. The van der Waals surface area contributed by atoms with Crippen LogP contribution in [0.3, 0.4) is 0 Å². The molecule has 0 aliphatic carbocycles. The van der Waals surface area contributed by atoms with E-state index in [4.69, 9.17) is 0 Å². The van der Waals surface area contributed by atoms with E-state index in [-0.39, 0.29) is 0 Å². The Labute approximate surface area is 120 Å². The predicted molar refractivity (Wildman–Crippen MR) is 82.8 cm³/mol.